The first-order valence-electron chi connectivity index (χ1n) is 8.15. The number of nitro benzene ring substituents is 1. The molecule has 136 valence electrons. The smallest absolute Gasteiger partial charge is 0.308 e. The van der Waals surface area contributed by atoms with Gasteiger partial charge in [-0.2, -0.15) is 0 Å². The number of imidazole rings is 1. The van der Waals surface area contributed by atoms with E-state index >= 15 is 0 Å². The van der Waals surface area contributed by atoms with Crippen molar-refractivity contribution in [2.75, 3.05) is 13.1 Å². The molecule has 1 aliphatic heterocycles. The number of carbonyl (C=O) groups excluding carboxylic acids is 1. The zero-order valence-electron chi connectivity index (χ0n) is 14.1. The van der Waals surface area contributed by atoms with Crippen LogP contribution in [0.15, 0.2) is 36.9 Å². The molecular formula is C17H18N4O5. The minimum atomic E-state index is -0.934. The largest absolute Gasteiger partial charge is 0.481 e. The number of nitro groups is 1. The molecule has 9 heteroatoms. The summed E-state index contributed by atoms with van der Waals surface area (Å²) in [4.78, 5) is 40.3. The van der Waals surface area contributed by atoms with Crippen LogP contribution in [0.5, 0.6) is 0 Å². The third-order valence-electron chi connectivity index (χ3n) is 4.50. The summed E-state index contributed by atoms with van der Waals surface area (Å²) < 4.78 is 1.50. The molecule has 1 aromatic carbocycles. The van der Waals surface area contributed by atoms with Crippen LogP contribution >= 0.6 is 0 Å². The van der Waals surface area contributed by atoms with Crippen LogP contribution in [0.2, 0.25) is 0 Å². The summed E-state index contributed by atoms with van der Waals surface area (Å²) in [6, 6.07) is 4.24. The molecule has 0 saturated carbocycles. The molecule has 1 fully saturated rings. The quantitative estimate of drug-likeness (QED) is 0.659. The van der Waals surface area contributed by atoms with Gasteiger partial charge in [-0.3, -0.25) is 19.7 Å². The zero-order chi connectivity index (χ0) is 18.8. The van der Waals surface area contributed by atoms with E-state index in [1.807, 2.05) is 6.92 Å². The van der Waals surface area contributed by atoms with Gasteiger partial charge >= 0.3 is 5.97 Å². The van der Waals surface area contributed by atoms with Crippen LogP contribution in [0.4, 0.5) is 5.69 Å². The molecule has 0 bridgehead atoms. The average Bonchev–Trinajstić information content (AvgIpc) is 3.14. The molecule has 1 aromatic heterocycles. The molecule has 3 rings (SSSR count). The number of likely N-dealkylation sites (tertiary alicyclic amines) is 1. The predicted molar refractivity (Wildman–Crippen MR) is 91.0 cm³/mol. The molecule has 1 N–H and O–H groups in total. The number of hydrogen-bond donors (Lipinski definition) is 1. The van der Waals surface area contributed by atoms with Gasteiger partial charge in [0.15, 0.2) is 0 Å². The number of carboxylic acids is 1. The number of carbonyl (C=O) groups is 2. The lowest BCUT2D eigenvalue weighted by atomic mass is 9.90. The molecule has 0 radical (unpaired) electrons. The second kappa shape index (κ2) is 6.95. The monoisotopic (exact) mass is 358 g/mol. The summed E-state index contributed by atoms with van der Waals surface area (Å²) in [5.74, 6) is -1.91. The number of rotatable bonds is 4. The van der Waals surface area contributed by atoms with Gasteiger partial charge in [0.2, 0.25) is 0 Å². The van der Waals surface area contributed by atoms with Gasteiger partial charge in [-0.25, -0.2) is 4.98 Å². The van der Waals surface area contributed by atoms with E-state index in [4.69, 9.17) is 0 Å². The van der Waals surface area contributed by atoms with Crippen molar-refractivity contribution >= 4 is 17.6 Å². The molecule has 1 amide bonds. The SMILES string of the molecule is CC1CC(C(=O)O)CN(C(=O)c2ccc(-n3ccnc3)c([N+](=O)[O-])c2)C1. The Bertz CT molecular complexity index is 849. The molecule has 26 heavy (non-hydrogen) atoms. The summed E-state index contributed by atoms with van der Waals surface area (Å²) in [6.07, 6.45) is 5.03. The average molecular weight is 358 g/mol. The highest BCUT2D eigenvalue weighted by Gasteiger charge is 2.33. The van der Waals surface area contributed by atoms with E-state index in [9.17, 15) is 24.8 Å². The van der Waals surface area contributed by atoms with Crippen molar-refractivity contribution in [2.45, 2.75) is 13.3 Å². The summed E-state index contributed by atoms with van der Waals surface area (Å²) in [7, 11) is 0. The maximum absolute atomic E-state index is 12.8. The van der Waals surface area contributed by atoms with Crippen molar-refractivity contribution in [1.29, 1.82) is 0 Å². The highest BCUT2D eigenvalue weighted by molar-refractivity contribution is 5.95. The lowest BCUT2D eigenvalue weighted by Crippen LogP contribution is -2.45. The molecule has 2 heterocycles. The first-order chi connectivity index (χ1) is 12.4. The van der Waals surface area contributed by atoms with E-state index in [2.05, 4.69) is 4.98 Å². The van der Waals surface area contributed by atoms with Crippen LogP contribution in [0.1, 0.15) is 23.7 Å². The number of benzene rings is 1. The van der Waals surface area contributed by atoms with Gasteiger partial charge < -0.3 is 14.6 Å². The van der Waals surface area contributed by atoms with Crippen molar-refractivity contribution in [1.82, 2.24) is 14.5 Å². The van der Waals surface area contributed by atoms with E-state index in [1.54, 1.807) is 6.20 Å². The molecule has 2 atom stereocenters. The molecule has 1 aliphatic rings. The van der Waals surface area contributed by atoms with E-state index < -0.39 is 22.7 Å². The molecule has 0 spiro atoms. The van der Waals surface area contributed by atoms with E-state index in [1.165, 1.54) is 40.2 Å². The zero-order valence-corrected chi connectivity index (χ0v) is 14.1. The van der Waals surface area contributed by atoms with E-state index in [0.717, 1.165) is 0 Å². The summed E-state index contributed by atoms with van der Waals surface area (Å²) in [5.41, 5.74) is 0.256. The highest BCUT2D eigenvalue weighted by atomic mass is 16.6. The third-order valence-corrected chi connectivity index (χ3v) is 4.50. The summed E-state index contributed by atoms with van der Waals surface area (Å²) in [5, 5.41) is 20.7. The van der Waals surface area contributed by atoms with Crippen LogP contribution in [-0.4, -0.2) is 49.4 Å². The first-order valence-corrected chi connectivity index (χ1v) is 8.15. The lowest BCUT2D eigenvalue weighted by Gasteiger charge is -2.34. The molecule has 2 unspecified atom stereocenters. The van der Waals surface area contributed by atoms with Gasteiger partial charge in [-0.05, 0) is 24.5 Å². The maximum atomic E-state index is 12.8. The van der Waals surface area contributed by atoms with Crippen LogP contribution in [0, 0.1) is 22.0 Å². The minimum Gasteiger partial charge on any atom is -0.481 e. The summed E-state index contributed by atoms with van der Waals surface area (Å²) >= 11 is 0. The van der Waals surface area contributed by atoms with Crippen molar-refractivity contribution in [3.8, 4) is 5.69 Å². The fraction of sp³-hybridized carbons (Fsp3) is 0.353. The molecule has 9 nitrogen and oxygen atoms in total. The van der Waals surface area contributed by atoms with Gasteiger partial charge in [-0.1, -0.05) is 6.92 Å². The number of aromatic nitrogens is 2. The van der Waals surface area contributed by atoms with Crippen molar-refractivity contribution < 1.29 is 19.6 Å². The number of aliphatic carboxylic acids is 1. The number of piperidine rings is 1. The Morgan fingerprint density at radius 3 is 2.73 bits per heavy atom. The topological polar surface area (TPSA) is 119 Å². The molecule has 0 aliphatic carbocycles. The highest BCUT2D eigenvalue weighted by Crippen LogP contribution is 2.27. The van der Waals surface area contributed by atoms with Gasteiger partial charge in [-0.15, -0.1) is 0 Å². The Hall–Kier alpha value is -3.23. The van der Waals surface area contributed by atoms with Crippen LogP contribution in [0.3, 0.4) is 0 Å². The number of carboxylic acid groups (broad SMARTS) is 1. The summed E-state index contributed by atoms with van der Waals surface area (Å²) in [6.45, 7) is 2.43. The van der Waals surface area contributed by atoms with Crippen LogP contribution < -0.4 is 0 Å². The Kier molecular flexibility index (Phi) is 4.70. The number of nitrogens with zero attached hydrogens (tertiary/aromatic N) is 4. The lowest BCUT2D eigenvalue weighted by molar-refractivity contribution is -0.384. The predicted octanol–water partition coefficient (Wildman–Crippen LogP) is 1.96. The van der Waals surface area contributed by atoms with Gasteiger partial charge in [0.05, 0.1) is 17.2 Å². The van der Waals surface area contributed by atoms with E-state index in [0.29, 0.717) is 18.7 Å². The molecule has 1 saturated heterocycles. The second-order valence-electron chi connectivity index (χ2n) is 6.52. The first kappa shape index (κ1) is 17.6. The third kappa shape index (κ3) is 3.41. The van der Waals surface area contributed by atoms with Crippen molar-refractivity contribution in [3.05, 3.63) is 52.6 Å². The normalized spacial score (nSPS) is 20.0. The molecular weight excluding hydrogens is 340 g/mol. The van der Waals surface area contributed by atoms with Gasteiger partial charge in [0.1, 0.15) is 5.69 Å². The van der Waals surface area contributed by atoms with Crippen molar-refractivity contribution in [3.63, 3.8) is 0 Å². The Morgan fingerprint density at radius 2 is 2.12 bits per heavy atom. The second-order valence-corrected chi connectivity index (χ2v) is 6.52. The maximum Gasteiger partial charge on any atom is 0.308 e. The molecule has 2 aromatic rings. The number of hydrogen-bond acceptors (Lipinski definition) is 5. The number of amides is 1. The fourth-order valence-corrected chi connectivity index (χ4v) is 3.30. The minimum absolute atomic E-state index is 0.0500. The van der Waals surface area contributed by atoms with Crippen molar-refractivity contribution in [2.24, 2.45) is 11.8 Å². The fourth-order valence-electron chi connectivity index (χ4n) is 3.30. The van der Waals surface area contributed by atoms with Gasteiger partial charge in [0.25, 0.3) is 11.6 Å². The van der Waals surface area contributed by atoms with Crippen LogP contribution in [-0.2, 0) is 4.79 Å². The van der Waals surface area contributed by atoms with Gasteiger partial charge in [0, 0.05) is 37.1 Å². The van der Waals surface area contributed by atoms with E-state index in [-0.39, 0.29) is 23.7 Å². The standard InChI is InChI=1S/C17H18N4O5/c1-11-6-13(17(23)24)9-20(8-11)16(22)12-2-3-14(15(7-12)21(25)26)19-5-4-18-10-19/h2-5,7,10-11,13H,6,8-9H2,1H3,(H,23,24). The van der Waals surface area contributed by atoms with Crippen LogP contribution in [0.25, 0.3) is 5.69 Å². The Morgan fingerprint density at radius 1 is 1.35 bits per heavy atom. The Balaban J connectivity index is 1.91. The Labute approximate surface area is 149 Å².